The summed E-state index contributed by atoms with van der Waals surface area (Å²) in [7, 11) is 0. The minimum atomic E-state index is -0.842. The summed E-state index contributed by atoms with van der Waals surface area (Å²) in [5, 5.41) is 14.1. The van der Waals surface area contributed by atoms with Crippen LogP contribution in [-0.2, 0) is 17.8 Å². The maximum Gasteiger partial charge on any atom is 0.319 e. The number of nitrogens with one attached hydrogen (secondary N) is 3. The molecular weight excluding hydrogens is 272 g/mol. The first-order valence-electron chi connectivity index (χ1n) is 6.46. The normalized spacial score (nSPS) is 10.1. The molecule has 0 spiro atoms. The first-order valence-corrected chi connectivity index (χ1v) is 6.46. The predicted molar refractivity (Wildman–Crippen MR) is 76.8 cm³/mol. The molecule has 0 atom stereocenters. The highest BCUT2D eigenvalue weighted by atomic mass is 16.4. The Kier molecular flexibility index (Phi) is 4.92. The summed E-state index contributed by atoms with van der Waals surface area (Å²) >= 11 is 0. The van der Waals surface area contributed by atoms with Crippen LogP contribution >= 0.6 is 0 Å². The Morgan fingerprint density at radius 3 is 2.90 bits per heavy atom. The van der Waals surface area contributed by atoms with Gasteiger partial charge in [0.15, 0.2) is 0 Å². The van der Waals surface area contributed by atoms with Crippen LogP contribution in [0.2, 0.25) is 0 Å². The Balaban J connectivity index is 1.85. The molecule has 0 aliphatic carbocycles. The van der Waals surface area contributed by atoms with Crippen LogP contribution in [0.15, 0.2) is 36.8 Å². The van der Waals surface area contributed by atoms with E-state index in [0.717, 1.165) is 11.3 Å². The quantitative estimate of drug-likeness (QED) is 0.649. The molecule has 1 heterocycles. The highest BCUT2D eigenvalue weighted by molar-refractivity contribution is 5.89. The number of hydrogen-bond acceptors (Lipinski definition) is 3. The number of aliphatic carboxylic acids is 1. The van der Waals surface area contributed by atoms with Crippen LogP contribution in [0, 0.1) is 0 Å². The topological polar surface area (TPSA) is 107 Å². The number of urea groups is 1. The maximum absolute atomic E-state index is 11.7. The van der Waals surface area contributed by atoms with E-state index >= 15 is 0 Å². The van der Waals surface area contributed by atoms with Crippen molar-refractivity contribution in [2.75, 3.05) is 5.32 Å². The van der Waals surface area contributed by atoms with E-state index in [1.165, 1.54) is 0 Å². The van der Waals surface area contributed by atoms with Gasteiger partial charge < -0.3 is 20.7 Å². The van der Waals surface area contributed by atoms with Crippen molar-refractivity contribution in [3.05, 3.63) is 48.0 Å². The molecule has 2 rings (SSSR count). The van der Waals surface area contributed by atoms with Crippen molar-refractivity contribution in [2.45, 2.75) is 19.4 Å². The molecule has 7 heteroatoms. The second-order valence-corrected chi connectivity index (χ2v) is 4.48. The van der Waals surface area contributed by atoms with Gasteiger partial charge >= 0.3 is 12.0 Å². The van der Waals surface area contributed by atoms with Gasteiger partial charge in [-0.25, -0.2) is 9.78 Å². The number of benzene rings is 1. The van der Waals surface area contributed by atoms with Crippen LogP contribution < -0.4 is 10.6 Å². The fourth-order valence-electron chi connectivity index (χ4n) is 1.79. The Morgan fingerprint density at radius 1 is 1.33 bits per heavy atom. The average molecular weight is 288 g/mol. The molecular formula is C14H16N4O3. The monoisotopic (exact) mass is 288 g/mol. The van der Waals surface area contributed by atoms with E-state index in [2.05, 4.69) is 20.6 Å². The van der Waals surface area contributed by atoms with Crippen molar-refractivity contribution in [1.82, 2.24) is 15.3 Å². The molecule has 4 N–H and O–H groups in total. The molecule has 21 heavy (non-hydrogen) atoms. The molecule has 0 fully saturated rings. The fourth-order valence-corrected chi connectivity index (χ4v) is 1.79. The number of amides is 2. The highest BCUT2D eigenvalue weighted by Gasteiger charge is 2.04. The minimum Gasteiger partial charge on any atom is -0.481 e. The number of rotatable bonds is 6. The van der Waals surface area contributed by atoms with Crippen molar-refractivity contribution < 1.29 is 14.7 Å². The lowest BCUT2D eigenvalue weighted by molar-refractivity contribution is -0.136. The van der Waals surface area contributed by atoms with Gasteiger partial charge in [-0.1, -0.05) is 12.1 Å². The number of carboxylic acid groups (broad SMARTS) is 1. The number of nitrogens with zero attached hydrogens (tertiary/aromatic N) is 1. The van der Waals surface area contributed by atoms with Gasteiger partial charge in [-0.2, -0.15) is 0 Å². The zero-order valence-corrected chi connectivity index (χ0v) is 11.3. The van der Waals surface area contributed by atoms with Crippen molar-refractivity contribution in [3.63, 3.8) is 0 Å². The van der Waals surface area contributed by atoms with Crippen LogP contribution in [-0.4, -0.2) is 27.1 Å². The van der Waals surface area contributed by atoms with Gasteiger partial charge in [-0.15, -0.1) is 0 Å². The summed E-state index contributed by atoms with van der Waals surface area (Å²) in [6.07, 6.45) is 3.67. The Hall–Kier alpha value is -2.83. The Labute approximate surface area is 121 Å². The number of H-pyrrole nitrogens is 1. The first-order chi connectivity index (χ1) is 10.1. The van der Waals surface area contributed by atoms with E-state index in [4.69, 9.17) is 5.11 Å². The summed E-state index contributed by atoms with van der Waals surface area (Å²) in [6.45, 7) is 0.352. The Morgan fingerprint density at radius 2 is 2.19 bits per heavy atom. The molecule has 110 valence electrons. The average Bonchev–Trinajstić information content (AvgIpc) is 2.97. The number of hydrogen-bond donors (Lipinski definition) is 4. The van der Waals surface area contributed by atoms with E-state index in [0.29, 0.717) is 18.7 Å². The molecule has 7 nitrogen and oxygen atoms in total. The third-order valence-electron chi connectivity index (χ3n) is 2.81. The number of aromatic nitrogens is 2. The third-order valence-corrected chi connectivity index (χ3v) is 2.81. The lowest BCUT2D eigenvalue weighted by Gasteiger charge is -2.08. The number of anilines is 1. The van der Waals surface area contributed by atoms with Crippen LogP contribution in [0.25, 0.3) is 0 Å². The van der Waals surface area contributed by atoms with Gasteiger partial charge in [0.2, 0.25) is 0 Å². The van der Waals surface area contributed by atoms with Gasteiger partial charge in [-0.3, -0.25) is 4.79 Å². The van der Waals surface area contributed by atoms with Gasteiger partial charge in [0.1, 0.15) is 0 Å². The fraction of sp³-hybridized carbons (Fsp3) is 0.214. The number of imidazole rings is 1. The minimum absolute atomic E-state index is 0.0650. The molecule has 0 unspecified atom stereocenters. The van der Waals surface area contributed by atoms with Gasteiger partial charge in [0.25, 0.3) is 0 Å². The number of carbonyl (C=O) groups excluding carboxylic acids is 1. The number of aryl methyl sites for hydroxylation is 1. The lowest BCUT2D eigenvalue weighted by Crippen LogP contribution is -2.28. The maximum atomic E-state index is 11.7. The predicted octanol–water partition coefficient (Wildman–Crippen LogP) is 1.75. The van der Waals surface area contributed by atoms with Crippen molar-refractivity contribution >= 4 is 17.7 Å². The van der Waals surface area contributed by atoms with Crippen LogP contribution in [0.4, 0.5) is 10.5 Å². The second-order valence-electron chi connectivity index (χ2n) is 4.48. The summed E-state index contributed by atoms with van der Waals surface area (Å²) in [5.41, 5.74) is 2.30. The third kappa shape index (κ3) is 4.98. The Bertz CT molecular complexity index is 610. The van der Waals surface area contributed by atoms with E-state index in [1.54, 1.807) is 30.7 Å². The second kappa shape index (κ2) is 7.09. The number of carboxylic acids is 1. The summed E-state index contributed by atoms with van der Waals surface area (Å²) in [6, 6.07) is 6.79. The summed E-state index contributed by atoms with van der Waals surface area (Å²) in [5.74, 6) is -0.842. The summed E-state index contributed by atoms with van der Waals surface area (Å²) < 4.78 is 0. The van der Waals surface area contributed by atoms with Crippen LogP contribution in [0.5, 0.6) is 0 Å². The molecule has 0 saturated heterocycles. The zero-order chi connectivity index (χ0) is 15.1. The molecule has 2 amide bonds. The number of aromatic amines is 1. The number of carbonyl (C=O) groups is 2. The van der Waals surface area contributed by atoms with Crippen LogP contribution in [0.3, 0.4) is 0 Å². The zero-order valence-electron chi connectivity index (χ0n) is 11.3. The highest BCUT2D eigenvalue weighted by Crippen LogP contribution is 2.12. The van der Waals surface area contributed by atoms with E-state index in [1.807, 2.05) is 6.07 Å². The first kappa shape index (κ1) is 14.6. The molecule has 0 radical (unpaired) electrons. The molecule has 0 saturated carbocycles. The van der Waals surface area contributed by atoms with Gasteiger partial charge in [0.05, 0.1) is 18.6 Å². The molecule has 1 aromatic carbocycles. The molecule has 0 aliphatic rings. The summed E-state index contributed by atoms with van der Waals surface area (Å²) in [4.78, 5) is 29.0. The van der Waals surface area contributed by atoms with Gasteiger partial charge in [-0.05, 0) is 24.1 Å². The van der Waals surface area contributed by atoms with Crippen LogP contribution in [0.1, 0.15) is 17.7 Å². The smallest absolute Gasteiger partial charge is 0.319 e. The standard InChI is InChI=1S/C14H16N4O3/c19-13(20)5-4-10-2-1-3-11(6-10)18-14(21)16-8-12-7-15-9-17-12/h1-3,6-7,9H,4-5,8H2,(H,15,17)(H,19,20)(H2,16,18,21). The molecule has 2 aromatic rings. The van der Waals surface area contributed by atoms with Gasteiger partial charge in [0, 0.05) is 18.3 Å². The molecule has 0 aliphatic heterocycles. The molecule has 0 bridgehead atoms. The van der Waals surface area contributed by atoms with E-state index in [9.17, 15) is 9.59 Å². The SMILES string of the molecule is O=C(O)CCc1cccc(NC(=O)NCc2cnc[nH]2)c1. The van der Waals surface area contributed by atoms with E-state index in [-0.39, 0.29) is 12.5 Å². The lowest BCUT2D eigenvalue weighted by atomic mass is 10.1. The van der Waals surface area contributed by atoms with Crippen molar-refractivity contribution in [3.8, 4) is 0 Å². The van der Waals surface area contributed by atoms with Crippen molar-refractivity contribution in [1.29, 1.82) is 0 Å². The van der Waals surface area contributed by atoms with Crippen molar-refractivity contribution in [2.24, 2.45) is 0 Å². The molecule has 1 aromatic heterocycles. The van der Waals surface area contributed by atoms with E-state index < -0.39 is 5.97 Å². The largest absolute Gasteiger partial charge is 0.481 e.